The number of carbonyl (C=O) groups is 2. The summed E-state index contributed by atoms with van der Waals surface area (Å²) in [5.41, 5.74) is 2.39. The molecule has 0 saturated carbocycles. The van der Waals surface area contributed by atoms with Crippen molar-refractivity contribution in [2.45, 2.75) is 63.8 Å². The quantitative estimate of drug-likeness (QED) is 0.806. The minimum atomic E-state index is -3.67. The summed E-state index contributed by atoms with van der Waals surface area (Å²) in [6.45, 7) is 5.98. The number of hydrogen-bond donors (Lipinski definition) is 1. The molecule has 1 aromatic carbocycles. The number of nitrogens with zero attached hydrogens (tertiary/aromatic N) is 3. The van der Waals surface area contributed by atoms with Gasteiger partial charge in [0, 0.05) is 31.0 Å². The molecule has 4 rings (SSSR count). The van der Waals surface area contributed by atoms with Gasteiger partial charge in [-0.3, -0.25) is 9.59 Å². The van der Waals surface area contributed by atoms with Crippen molar-refractivity contribution in [1.29, 1.82) is 0 Å². The van der Waals surface area contributed by atoms with Crippen molar-refractivity contribution in [3.63, 3.8) is 0 Å². The summed E-state index contributed by atoms with van der Waals surface area (Å²) < 4.78 is 29.7. The van der Waals surface area contributed by atoms with Gasteiger partial charge in [0.25, 0.3) is 0 Å². The minimum Gasteiger partial charge on any atom is -0.310 e. The molecule has 30 heavy (non-hydrogen) atoms. The molecule has 1 N–H and O–H groups in total. The van der Waals surface area contributed by atoms with E-state index in [9.17, 15) is 18.0 Å². The Kier molecular flexibility index (Phi) is 5.27. The number of hydrogen-bond acceptors (Lipinski definition) is 5. The molecule has 2 aromatic rings. The van der Waals surface area contributed by atoms with Crippen molar-refractivity contribution >= 4 is 27.7 Å². The van der Waals surface area contributed by atoms with Crippen molar-refractivity contribution in [3.8, 4) is 11.1 Å². The molecule has 3 heterocycles. The van der Waals surface area contributed by atoms with Gasteiger partial charge in [0.1, 0.15) is 5.82 Å². The molecule has 1 atom stereocenters. The first kappa shape index (κ1) is 20.7. The van der Waals surface area contributed by atoms with Crippen LogP contribution < -0.4 is 5.32 Å². The third-order valence-electron chi connectivity index (χ3n) is 5.93. The molecule has 1 fully saturated rings. The lowest BCUT2D eigenvalue weighted by molar-refractivity contribution is -0.116. The fourth-order valence-electron chi connectivity index (χ4n) is 4.28. The van der Waals surface area contributed by atoms with Gasteiger partial charge in [-0.15, -0.1) is 0 Å². The summed E-state index contributed by atoms with van der Waals surface area (Å²) >= 11 is 0. The van der Waals surface area contributed by atoms with Crippen LogP contribution in [0.4, 0.5) is 5.82 Å². The SMILES string of the molecule is Cc1ccc(-c2c(C)nn3c2NC(=O)CCC3=O)cc1S(=O)(=O)N1CCCC[C@@H]1C. The second-order valence-electron chi connectivity index (χ2n) is 8.10. The van der Waals surface area contributed by atoms with E-state index in [1.54, 1.807) is 36.4 Å². The maximum atomic E-state index is 13.5. The zero-order valence-electron chi connectivity index (χ0n) is 17.4. The number of sulfonamides is 1. The zero-order chi connectivity index (χ0) is 21.6. The molecule has 8 nitrogen and oxygen atoms in total. The number of aromatic nitrogens is 2. The molecule has 0 spiro atoms. The van der Waals surface area contributed by atoms with Crippen molar-refractivity contribution < 1.29 is 18.0 Å². The van der Waals surface area contributed by atoms with Crippen LogP contribution in [0.2, 0.25) is 0 Å². The summed E-state index contributed by atoms with van der Waals surface area (Å²) in [6.07, 6.45) is 2.91. The van der Waals surface area contributed by atoms with Gasteiger partial charge >= 0.3 is 0 Å². The van der Waals surface area contributed by atoms with Crippen LogP contribution >= 0.6 is 0 Å². The molecule has 0 unspecified atom stereocenters. The molecule has 1 saturated heterocycles. The molecule has 0 radical (unpaired) electrons. The van der Waals surface area contributed by atoms with Crippen LogP contribution in [0.1, 0.15) is 55.1 Å². The largest absolute Gasteiger partial charge is 0.310 e. The van der Waals surface area contributed by atoms with Crippen LogP contribution in [0.5, 0.6) is 0 Å². The molecular formula is C21H26N4O4S. The number of amides is 1. The number of fused-ring (bicyclic) bond motifs is 1. The third-order valence-corrected chi connectivity index (χ3v) is 8.08. The molecule has 0 bridgehead atoms. The lowest BCUT2D eigenvalue weighted by Gasteiger charge is -2.32. The lowest BCUT2D eigenvalue weighted by Crippen LogP contribution is -2.42. The van der Waals surface area contributed by atoms with Crippen LogP contribution in [0.3, 0.4) is 0 Å². The normalized spacial score (nSPS) is 20.6. The number of nitrogens with one attached hydrogen (secondary N) is 1. The Labute approximate surface area is 176 Å². The zero-order valence-corrected chi connectivity index (χ0v) is 18.3. The highest BCUT2D eigenvalue weighted by atomic mass is 32.2. The van der Waals surface area contributed by atoms with Crippen molar-refractivity contribution in [2.75, 3.05) is 11.9 Å². The van der Waals surface area contributed by atoms with Crippen molar-refractivity contribution in [1.82, 2.24) is 14.1 Å². The highest BCUT2D eigenvalue weighted by Crippen LogP contribution is 2.36. The number of rotatable bonds is 3. The third kappa shape index (κ3) is 3.45. The average molecular weight is 431 g/mol. The number of anilines is 1. The van der Waals surface area contributed by atoms with E-state index >= 15 is 0 Å². The average Bonchev–Trinajstić information content (AvgIpc) is 2.95. The Balaban J connectivity index is 1.84. The summed E-state index contributed by atoms with van der Waals surface area (Å²) in [5, 5.41) is 7.08. The van der Waals surface area contributed by atoms with Gasteiger partial charge in [0.15, 0.2) is 0 Å². The topological polar surface area (TPSA) is 101 Å². The highest BCUT2D eigenvalue weighted by molar-refractivity contribution is 7.89. The Hall–Kier alpha value is -2.52. The molecule has 2 aliphatic rings. The Morgan fingerprint density at radius 3 is 2.63 bits per heavy atom. The van der Waals surface area contributed by atoms with Gasteiger partial charge in [0.2, 0.25) is 21.8 Å². The van der Waals surface area contributed by atoms with Crippen molar-refractivity contribution in [3.05, 3.63) is 29.5 Å². The van der Waals surface area contributed by atoms with E-state index < -0.39 is 10.0 Å². The predicted molar refractivity (Wildman–Crippen MR) is 113 cm³/mol. The smallest absolute Gasteiger partial charge is 0.249 e. The molecule has 9 heteroatoms. The summed E-state index contributed by atoms with van der Waals surface area (Å²) in [5.74, 6) is -0.219. The van der Waals surface area contributed by atoms with Gasteiger partial charge in [0.05, 0.1) is 10.6 Å². The second-order valence-corrected chi connectivity index (χ2v) is 9.96. The Bertz CT molecular complexity index is 1140. The first-order valence-electron chi connectivity index (χ1n) is 10.3. The fourth-order valence-corrected chi connectivity index (χ4v) is 6.23. The summed E-state index contributed by atoms with van der Waals surface area (Å²) in [7, 11) is -3.67. The number of carbonyl (C=O) groups excluding carboxylic acids is 2. The minimum absolute atomic E-state index is 0.0436. The molecule has 1 aromatic heterocycles. The fraction of sp³-hybridized carbons (Fsp3) is 0.476. The molecule has 1 amide bonds. The van der Waals surface area contributed by atoms with Gasteiger partial charge < -0.3 is 5.32 Å². The van der Waals surface area contributed by atoms with Gasteiger partial charge in [-0.1, -0.05) is 18.6 Å². The van der Waals surface area contributed by atoms with Gasteiger partial charge in [-0.05, 0) is 50.8 Å². The Morgan fingerprint density at radius 2 is 1.90 bits per heavy atom. The monoisotopic (exact) mass is 430 g/mol. The van der Waals surface area contributed by atoms with Gasteiger partial charge in [-0.25, -0.2) is 8.42 Å². The predicted octanol–water partition coefficient (Wildman–Crippen LogP) is 3.10. The van der Waals surface area contributed by atoms with Gasteiger partial charge in [-0.2, -0.15) is 14.1 Å². The first-order chi connectivity index (χ1) is 14.2. The van der Waals surface area contributed by atoms with Crippen LogP contribution in [0.25, 0.3) is 11.1 Å². The number of benzene rings is 1. The molecule has 160 valence electrons. The summed E-state index contributed by atoms with van der Waals surface area (Å²) in [4.78, 5) is 24.7. The Morgan fingerprint density at radius 1 is 1.13 bits per heavy atom. The second kappa shape index (κ2) is 7.63. The number of aryl methyl sites for hydroxylation is 2. The standard InChI is InChI=1S/C21H26N4O4S/c1-13-7-8-16(12-17(13)30(28,29)24-11-5-4-6-14(24)2)20-15(3)23-25-19(27)10-9-18(26)22-21(20)25/h7-8,12,14H,4-6,9-11H2,1-3H3,(H,22,26)/t14-/m0/s1. The van der Waals surface area contributed by atoms with Crippen LogP contribution in [-0.4, -0.2) is 46.9 Å². The molecule has 2 aliphatic heterocycles. The van der Waals surface area contributed by atoms with E-state index in [0.717, 1.165) is 19.3 Å². The van der Waals surface area contributed by atoms with Crippen LogP contribution in [0.15, 0.2) is 23.1 Å². The summed E-state index contributed by atoms with van der Waals surface area (Å²) in [6, 6.07) is 5.16. The van der Waals surface area contributed by atoms with E-state index in [-0.39, 0.29) is 35.6 Å². The van der Waals surface area contributed by atoms with E-state index in [2.05, 4.69) is 10.4 Å². The maximum absolute atomic E-state index is 13.5. The maximum Gasteiger partial charge on any atom is 0.249 e. The van der Waals surface area contributed by atoms with E-state index in [4.69, 9.17) is 0 Å². The molecule has 0 aliphatic carbocycles. The van der Waals surface area contributed by atoms with E-state index in [1.807, 2.05) is 6.92 Å². The highest BCUT2D eigenvalue weighted by Gasteiger charge is 2.33. The van der Waals surface area contributed by atoms with Crippen LogP contribution in [0, 0.1) is 13.8 Å². The van der Waals surface area contributed by atoms with E-state index in [1.165, 1.54) is 4.68 Å². The molecular weight excluding hydrogens is 404 g/mol. The lowest BCUT2D eigenvalue weighted by atomic mass is 10.0. The van der Waals surface area contributed by atoms with Crippen molar-refractivity contribution in [2.24, 2.45) is 0 Å². The van der Waals surface area contributed by atoms with Crippen LogP contribution in [-0.2, 0) is 14.8 Å². The van der Waals surface area contributed by atoms with E-state index in [0.29, 0.717) is 34.7 Å². The first-order valence-corrected chi connectivity index (χ1v) is 11.7. The number of piperidine rings is 1.